The molecule has 0 aromatic heterocycles. The minimum Gasteiger partial charge on any atom is -0.496 e. The highest BCUT2D eigenvalue weighted by atomic mass is 32.2. The molecule has 1 heterocycles. The van der Waals surface area contributed by atoms with E-state index in [1.165, 1.54) is 4.90 Å². The summed E-state index contributed by atoms with van der Waals surface area (Å²) in [6.45, 7) is 2.07. The maximum Gasteiger partial charge on any atom is 0.234 e. The largest absolute Gasteiger partial charge is 0.496 e. The Kier molecular flexibility index (Phi) is 5.09. The van der Waals surface area contributed by atoms with Crippen LogP contribution in [0.2, 0.25) is 0 Å². The van der Waals surface area contributed by atoms with E-state index in [1.54, 1.807) is 18.9 Å². The molecular weight excluding hydrogens is 272 g/mol. The van der Waals surface area contributed by atoms with E-state index >= 15 is 0 Å². The van der Waals surface area contributed by atoms with Crippen LogP contribution >= 0.6 is 11.8 Å². The van der Waals surface area contributed by atoms with Crippen molar-refractivity contribution in [3.63, 3.8) is 0 Å². The third-order valence-electron chi connectivity index (χ3n) is 3.43. The molecule has 0 bridgehead atoms. The molecule has 1 fully saturated rings. The molecule has 108 valence electrons. The van der Waals surface area contributed by atoms with Crippen molar-refractivity contribution in [3.05, 3.63) is 29.8 Å². The van der Waals surface area contributed by atoms with Crippen molar-refractivity contribution < 1.29 is 9.53 Å². The highest BCUT2D eigenvalue weighted by Crippen LogP contribution is 2.30. The Morgan fingerprint density at radius 2 is 2.25 bits per heavy atom. The van der Waals surface area contributed by atoms with Gasteiger partial charge in [0.2, 0.25) is 5.91 Å². The molecule has 1 amide bonds. The minimum atomic E-state index is 0.0456. The zero-order chi connectivity index (χ0) is 14.5. The molecule has 2 atom stereocenters. The summed E-state index contributed by atoms with van der Waals surface area (Å²) in [7, 11) is 1.68. The fourth-order valence-corrected chi connectivity index (χ4v) is 2.86. The van der Waals surface area contributed by atoms with E-state index in [1.807, 2.05) is 18.4 Å². The number of nitrogens with one attached hydrogen (secondary N) is 2. The van der Waals surface area contributed by atoms with Crippen LogP contribution in [0.4, 0.5) is 0 Å². The van der Waals surface area contributed by atoms with E-state index in [-0.39, 0.29) is 17.9 Å². The number of carbonyl (C=O) groups is 1. The molecular formula is C15H20N2O2S. The van der Waals surface area contributed by atoms with Crippen LogP contribution in [0.25, 0.3) is 6.08 Å². The molecule has 4 nitrogen and oxygen atoms in total. The van der Waals surface area contributed by atoms with Crippen molar-refractivity contribution in [2.75, 3.05) is 13.4 Å². The molecule has 20 heavy (non-hydrogen) atoms. The van der Waals surface area contributed by atoms with E-state index in [4.69, 9.17) is 4.74 Å². The van der Waals surface area contributed by atoms with E-state index < -0.39 is 0 Å². The summed E-state index contributed by atoms with van der Waals surface area (Å²) in [6, 6.07) is 6.15. The van der Waals surface area contributed by atoms with Crippen LogP contribution in [0.3, 0.4) is 0 Å². The number of hydrazine groups is 1. The van der Waals surface area contributed by atoms with Crippen molar-refractivity contribution in [1.82, 2.24) is 10.9 Å². The van der Waals surface area contributed by atoms with Crippen molar-refractivity contribution in [2.24, 2.45) is 5.92 Å². The van der Waals surface area contributed by atoms with Gasteiger partial charge >= 0.3 is 0 Å². The van der Waals surface area contributed by atoms with Gasteiger partial charge in [-0.2, -0.15) is 0 Å². The van der Waals surface area contributed by atoms with Crippen molar-refractivity contribution >= 4 is 23.7 Å². The van der Waals surface area contributed by atoms with Gasteiger partial charge in [0, 0.05) is 22.9 Å². The van der Waals surface area contributed by atoms with Crippen molar-refractivity contribution in [1.29, 1.82) is 0 Å². The van der Waals surface area contributed by atoms with Crippen molar-refractivity contribution in [3.8, 4) is 5.75 Å². The smallest absolute Gasteiger partial charge is 0.234 e. The predicted molar refractivity (Wildman–Crippen MR) is 82.7 cm³/mol. The molecule has 2 N–H and O–H groups in total. The predicted octanol–water partition coefficient (Wildman–Crippen LogP) is 2.46. The lowest BCUT2D eigenvalue weighted by Crippen LogP contribution is -2.52. The number of rotatable bonds is 4. The summed E-state index contributed by atoms with van der Waals surface area (Å²) in [4.78, 5) is 12.4. The second kappa shape index (κ2) is 6.81. The topological polar surface area (TPSA) is 50.4 Å². The number of ether oxygens (including phenoxy) is 1. The average molecular weight is 292 g/mol. The lowest BCUT2D eigenvalue weighted by molar-refractivity contribution is -0.125. The number of amides is 1. The summed E-state index contributed by atoms with van der Waals surface area (Å²) >= 11 is 1.69. The lowest BCUT2D eigenvalue weighted by atomic mass is 9.96. The Bertz CT molecular complexity index is 494. The highest BCUT2D eigenvalue weighted by Gasteiger charge is 2.23. The Balaban J connectivity index is 2.20. The quantitative estimate of drug-likeness (QED) is 0.837. The molecule has 2 rings (SSSR count). The van der Waals surface area contributed by atoms with E-state index in [0.29, 0.717) is 6.42 Å². The SMILES string of the molecule is COc1cccc(SC)c1/C=C/C1NNC(=O)CC1C. The molecule has 1 aromatic carbocycles. The van der Waals surface area contributed by atoms with Gasteiger partial charge in [0.1, 0.15) is 5.75 Å². The number of hydrogen-bond donors (Lipinski definition) is 2. The first-order valence-electron chi connectivity index (χ1n) is 6.59. The Labute approximate surface area is 123 Å². The number of carbonyl (C=O) groups excluding carboxylic acids is 1. The van der Waals surface area contributed by atoms with Crippen LogP contribution in [-0.4, -0.2) is 25.3 Å². The van der Waals surface area contributed by atoms with Crippen LogP contribution in [-0.2, 0) is 4.79 Å². The Morgan fingerprint density at radius 3 is 2.90 bits per heavy atom. The summed E-state index contributed by atoms with van der Waals surface area (Å²) < 4.78 is 5.42. The third kappa shape index (κ3) is 3.35. The maximum atomic E-state index is 11.3. The van der Waals surface area contributed by atoms with Gasteiger partial charge in [-0.3, -0.25) is 10.2 Å². The standard InChI is InChI=1S/C15H20N2O2S/c1-10-9-15(18)17-16-12(10)8-7-11-13(19-2)5-4-6-14(11)20-3/h4-8,10,12,16H,9H2,1-3H3,(H,17,18)/b8-7+. The van der Waals surface area contributed by atoms with Gasteiger partial charge in [-0.05, 0) is 24.3 Å². The zero-order valence-corrected chi connectivity index (χ0v) is 12.8. The summed E-state index contributed by atoms with van der Waals surface area (Å²) in [5.74, 6) is 1.18. The minimum absolute atomic E-state index is 0.0456. The summed E-state index contributed by atoms with van der Waals surface area (Å²) in [6.07, 6.45) is 6.75. The molecule has 5 heteroatoms. The van der Waals surface area contributed by atoms with Gasteiger partial charge < -0.3 is 4.74 Å². The van der Waals surface area contributed by atoms with Crippen LogP contribution < -0.4 is 15.6 Å². The first kappa shape index (κ1) is 14.9. The fourth-order valence-electron chi connectivity index (χ4n) is 2.26. The number of benzene rings is 1. The van der Waals surface area contributed by atoms with Crippen LogP contribution in [0.5, 0.6) is 5.75 Å². The van der Waals surface area contributed by atoms with E-state index in [9.17, 15) is 4.79 Å². The number of hydrogen-bond acceptors (Lipinski definition) is 4. The molecule has 2 unspecified atom stereocenters. The second-order valence-corrected chi connectivity index (χ2v) is 5.68. The number of methoxy groups -OCH3 is 1. The van der Waals surface area contributed by atoms with Gasteiger partial charge in [0.15, 0.2) is 0 Å². The molecule has 1 aliphatic rings. The van der Waals surface area contributed by atoms with Gasteiger partial charge in [0.25, 0.3) is 0 Å². The molecule has 1 aromatic rings. The van der Waals surface area contributed by atoms with Crippen LogP contribution in [0, 0.1) is 5.92 Å². The fraction of sp³-hybridized carbons (Fsp3) is 0.400. The average Bonchev–Trinajstić information content (AvgIpc) is 2.46. The van der Waals surface area contributed by atoms with Gasteiger partial charge in [-0.1, -0.05) is 25.1 Å². The van der Waals surface area contributed by atoms with Crippen molar-refractivity contribution in [2.45, 2.75) is 24.3 Å². The molecule has 0 radical (unpaired) electrons. The zero-order valence-electron chi connectivity index (χ0n) is 12.0. The first-order valence-corrected chi connectivity index (χ1v) is 7.81. The molecule has 1 saturated heterocycles. The molecule has 0 aliphatic carbocycles. The summed E-state index contributed by atoms with van der Waals surface area (Å²) in [5.41, 5.74) is 6.79. The molecule has 0 spiro atoms. The van der Waals surface area contributed by atoms with Gasteiger partial charge in [-0.25, -0.2) is 5.43 Å². The Hall–Kier alpha value is -1.46. The lowest BCUT2D eigenvalue weighted by Gasteiger charge is -2.27. The van der Waals surface area contributed by atoms with Gasteiger partial charge in [0.05, 0.1) is 7.11 Å². The van der Waals surface area contributed by atoms with Crippen LogP contribution in [0.1, 0.15) is 18.9 Å². The van der Waals surface area contributed by atoms with Crippen LogP contribution in [0.15, 0.2) is 29.2 Å². The Morgan fingerprint density at radius 1 is 1.45 bits per heavy atom. The van der Waals surface area contributed by atoms with E-state index in [0.717, 1.165) is 11.3 Å². The first-order chi connectivity index (χ1) is 9.65. The summed E-state index contributed by atoms with van der Waals surface area (Å²) in [5, 5.41) is 0. The normalized spacial score (nSPS) is 22.9. The molecule has 0 saturated carbocycles. The maximum absolute atomic E-state index is 11.3. The monoisotopic (exact) mass is 292 g/mol. The molecule has 1 aliphatic heterocycles. The van der Waals surface area contributed by atoms with E-state index in [2.05, 4.69) is 36.0 Å². The highest BCUT2D eigenvalue weighted by molar-refractivity contribution is 7.98. The number of thioether (sulfide) groups is 1. The third-order valence-corrected chi connectivity index (χ3v) is 4.23. The van der Waals surface area contributed by atoms with Gasteiger partial charge in [-0.15, -0.1) is 11.8 Å². The second-order valence-electron chi connectivity index (χ2n) is 4.84.